The van der Waals surface area contributed by atoms with Crippen LogP contribution in [-0.2, 0) is 23.7 Å². The zero-order chi connectivity index (χ0) is 48.4. The van der Waals surface area contributed by atoms with Crippen LogP contribution in [-0.4, -0.2) is 191 Å². The highest BCUT2D eigenvalue weighted by molar-refractivity contribution is 5.89. The van der Waals surface area contributed by atoms with Gasteiger partial charge in [0.05, 0.1) is 26.9 Å². The van der Waals surface area contributed by atoms with E-state index in [-0.39, 0.29) is 28.6 Å². The molecule has 364 valence electrons. The van der Waals surface area contributed by atoms with Gasteiger partial charge in [0, 0.05) is 23.8 Å². The molecule has 0 saturated carbocycles. The average molecular weight is 949 g/mol. The van der Waals surface area contributed by atoms with Gasteiger partial charge in [-0.1, -0.05) is 6.07 Å². The SMILES string of the molecule is COc1cc(/C=C/C(=O)O[C@H]2[C@H](Oc3cc(O)c4c(=O)c(O[C@@H]5O[C@H](CO)[C@@H](O)[C@H](O)[C@H]5O)c(-c5ccc(O[C@@H]6O[C@H](CO)[C@@H](O)[C@H](O)[C@H]6O)cc5)oc4c3)O[C@H](CO)[C@@H](O)[C@@H]2O)ccc1O. The summed E-state index contributed by atoms with van der Waals surface area (Å²) in [6.07, 6.45) is -23.8. The molecule has 4 aromatic rings. The van der Waals surface area contributed by atoms with Gasteiger partial charge < -0.3 is 109 Å². The van der Waals surface area contributed by atoms with Crippen molar-refractivity contribution in [2.24, 2.45) is 0 Å². The third-order valence-corrected chi connectivity index (χ3v) is 11.2. The number of fused-ring (bicyclic) bond motifs is 1. The summed E-state index contributed by atoms with van der Waals surface area (Å²) < 4.78 is 50.5. The molecular weight excluding hydrogens is 900 g/mol. The number of carbonyl (C=O) groups is 1. The number of hydrogen-bond donors (Lipinski definition) is 13. The number of ether oxygens (including phenoxy) is 8. The quantitative estimate of drug-likeness (QED) is 0.0434. The maximum atomic E-state index is 14.3. The molecule has 24 nitrogen and oxygen atoms in total. The molecule has 3 fully saturated rings. The van der Waals surface area contributed by atoms with E-state index in [1.165, 1.54) is 55.7 Å². The molecule has 3 aromatic carbocycles. The number of methoxy groups -OCH3 is 1. The number of aromatic hydroxyl groups is 2. The highest BCUT2D eigenvalue weighted by atomic mass is 16.7. The van der Waals surface area contributed by atoms with Crippen LogP contribution in [0.1, 0.15) is 5.56 Å². The smallest absolute Gasteiger partial charge is 0.331 e. The zero-order valence-corrected chi connectivity index (χ0v) is 34.9. The van der Waals surface area contributed by atoms with E-state index in [1.54, 1.807) is 0 Å². The number of hydrogen-bond acceptors (Lipinski definition) is 24. The zero-order valence-electron chi connectivity index (χ0n) is 34.9. The van der Waals surface area contributed by atoms with Crippen molar-refractivity contribution in [3.63, 3.8) is 0 Å². The van der Waals surface area contributed by atoms with E-state index in [2.05, 4.69) is 0 Å². The minimum Gasteiger partial charge on any atom is -0.507 e. The first kappa shape index (κ1) is 49.2. The van der Waals surface area contributed by atoms with Crippen LogP contribution in [0.2, 0.25) is 0 Å². The van der Waals surface area contributed by atoms with Crippen molar-refractivity contribution in [3.05, 3.63) is 76.5 Å². The third-order valence-electron chi connectivity index (χ3n) is 11.2. The fourth-order valence-electron chi connectivity index (χ4n) is 7.43. The van der Waals surface area contributed by atoms with Gasteiger partial charge in [-0.25, -0.2) is 4.79 Å². The van der Waals surface area contributed by atoms with Gasteiger partial charge in [0.1, 0.15) is 95.4 Å². The highest BCUT2D eigenvalue weighted by Gasteiger charge is 2.49. The van der Waals surface area contributed by atoms with Crippen LogP contribution < -0.4 is 24.4 Å². The first-order chi connectivity index (χ1) is 32.0. The lowest BCUT2D eigenvalue weighted by molar-refractivity contribution is -0.281. The fourth-order valence-corrected chi connectivity index (χ4v) is 7.43. The van der Waals surface area contributed by atoms with Crippen LogP contribution >= 0.6 is 0 Å². The van der Waals surface area contributed by atoms with E-state index in [4.69, 9.17) is 42.3 Å². The van der Waals surface area contributed by atoms with E-state index in [1.807, 2.05) is 0 Å². The molecule has 3 aliphatic heterocycles. The lowest BCUT2D eigenvalue weighted by Crippen LogP contribution is -2.61. The number of carbonyl (C=O) groups excluding carboxylic acids is 1. The monoisotopic (exact) mass is 948 g/mol. The van der Waals surface area contributed by atoms with Gasteiger partial charge in [0.15, 0.2) is 23.4 Å². The summed E-state index contributed by atoms with van der Waals surface area (Å²) in [5, 5.41) is 134. The number of esters is 1. The second-order valence-corrected chi connectivity index (χ2v) is 15.6. The molecule has 67 heavy (non-hydrogen) atoms. The molecule has 24 heteroatoms. The Morgan fingerprint density at radius 1 is 0.627 bits per heavy atom. The van der Waals surface area contributed by atoms with E-state index >= 15 is 0 Å². The summed E-state index contributed by atoms with van der Waals surface area (Å²) in [5.74, 6) is -3.52. The van der Waals surface area contributed by atoms with Crippen LogP contribution in [0.5, 0.6) is 34.5 Å². The van der Waals surface area contributed by atoms with Crippen LogP contribution in [0.25, 0.3) is 28.4 Å². The van der Waals surface area contributed by atoms with Crippen LogP contribution in [0.3, 0.4) is 0 Å². The molecule has 3 saturated heterocycles. The highest BCUT2D eigenvalue weighted by Crippen LogP contribution is 2.39. The minimum atomic E-state index is -2.01. The van der Waals surface area contributed by atoms with Gasteiger partial charge in [-0.2, -0.15) is 0 Å². The Morgan fingerprint density at radius 2 is 1.18 bits per heavy atom. The van der Waals surface area contributed by atoms with Gasteiger partial charge in [0.25, 0.3) is 0 Å². The molecule has 1 aromatic heterocycles. The molecule has 4 heterocycles. The number of phenols is 2. The van der Waals surface area contributed by atoms with Crippen LogP contribution in [0, 0.1) is 0 Å². The van der Waals surface area contributed by atoms with Crippen molar-refractivity contribution in [1.82, 2.24) is 0 Å². The molecule has 0 radical (unpaired) electrons. The molecule has 0 amide bonds. The fraction of sp³-hybridized carbons (Fsp3) is 0.442. The van der Waals surface area contributed by atoms with Crippen molar-refractivity contribution in [1.29, 1.82) is 0 Å². The third kappa shape index (κ3) is 10.1. The summed E-state index contributed by atoms with van der Waals surface area (Å²) in [7, 11) is 1.32. The Bertz CT molecular complexity index is 2440. The van der Waals surface area contributed by atoms with E-state index in [9.17, 15) is 76.0 Å². The maximum Gasteiger partial charge on any atom is 0.331 e. The van der Waals surface area contributed by atoms with Crippen molar-refractivity contribution in [3.8, 4) is 45.8 Å². The summed E-state index contributed by atoms with van der Waals surface area (Å²) >= 11 is 0. The van der Waals surface area contributed by atoms with E-state index in [0.717, 1.165) is 18.2 Å². The van der Waals surface area contributed by atoms with Gasteiger partial charge in [0.2, 0.25) is 30.0 Å². The molecular formula is C43H48O24. The maximum absolute atomic E-state index is 14.3. The Kier molecular flexibility index (Phi) is 15.2. The van der Waals surface area contributed by atoms with Gasteiger partial charge >= 0.3 is 5.97 Å². The van der Waals surface area contributed by atoms with Crippen molar-refractivity contribution in [2.45, 2.75) is 92.1 Å². The number of rotatable bonds is 14. The molecule has 0 spiro atoms. The van der Waals surface area contributed by atoms with Crippen molar-refractivity contribution >= 4 is 23.0 Å². The van der Waals surface area contributed by atoms with Crippen LogP contribution in [0.4, 0.5) is 0 Å². The van der Waals surface area contributed by atoms with Gasteiger partial charge in [-0.05, 0) is 48.0 Å². The Hall–Kier alpha value is -5.68. The minimum absolute atomic E-state index is 0.00912. The van der Waals surface area contributed by atoms with Gasteiger partial charge in [-0.15, -0.1) is 0 Å². The molecule has 0 bridgehead atoms. The number of phenolic OH excluding ortho intramolecular Hbond substituents is 2. The van der Waals surface area contributed by atoms with E-state index < -0.39 is 152 Å². The number of aliphatic hydroxyl groups excluding tert-OH is 11. The molecule has 7 rings (SSSR count). The lowest BCUT2D eigenvalue weighted by atomic mass is 9.99. The molecule has 0 aliphatic carbocycles. The predicted molar refractivity (Wildman–Crippen MR) is 220 cm³/mol. The number of benzene rings is 3. The summed E-state index contributed by atoms with van der Waals surface area (Å²) in [5.41, 5.74) is -1.13. The second kappa shape index (κ2) is 20.7. The van der Waals surface area contributed by atoms with E-state index in [0.29, 0.717) is 5.56 Å². The van der Waals surface area contributed by atoms with Crippen molar-refractivity contribution < 1.29 is 113 Å². The number of aliphatic hydroxyl groups is 11. The first-order valence-corrected chi connectivity index (χ1v) is 20.4. The van der Waals surface area contributed by atoms with Crippen LogP contribution in [0.15, 0.2) is 69.9 Å². The Morgan fingerprint density at radius 3 is 1.76 bits per heavy atom. The largest absolute Gasteiger partial charge is 0.507 e. The predicted octanol–water partition coefficient (Wildman–Crippen LogP) is -3.32. The Balaban J connectivity index is 1.23. The average Bonchev–Trinajstić information content (AvgIpc) is 3.32. The normalized spacial score (nSPS) is 32.2. The standard InChI is InChI=1S/C43H48O24/c1-59-22-10-16(2-8-20(22)47)3-9-27(49)66-40-35(56)31(52)26(15-46)65-43(40)61-19-11-21(48)28-23(12-19)62-38(39(32(28)53)67-42-37(58)34(55)30(51)25(14-45)64-42)17-4-6-18(7-5-17)60-41-36(57)33(54)29(50)24(13-44)63-41/h2-12,24-26,29-31,33-37,40-48,50-52,54-58H,13-15H2,1H3/b9-3+/t24-,25-,26-,29-,30-,31-,33+,34+,35+,36-,37-,40-,41-,42+,43-/m1/s1. The molecule has 3 aliphatic rings. The lowest BCUT2D eigenvalue weighted by Gasteiger charge is -2.41. The second-order valence-electron chi connectivity index (χ2n) is 15.6. The molecule has 15 atom stereocenters. The summed E-state index contributed by atoms with van der Waals surface area (Å²) in [4.78, 5) is 27.4. The topological polar surface area (TPSA) is 384 Å². The van der Waals surface area contributed by atoms with Gasteiger partial charge in [-0.3, -0.25) is 4.79 Å². The molecule has 0 unspecified atom stereocenters. The Labute approximate surface area is 377 Å². The summed E-state index contributed by atoms with van der Waals surface area (Å²) in [6, 6.07) is 11.3. The molecule has 13 N–H and O–H groups in total. The summed E-state index contributed by atoms with van der Waals surface area (Å²) in [6.45, 7) is -2.42. The van der Waals surface area contributed by atoms with Crippen molar-refractivity contribution in [2.75, 3.05) is 26.9 Å². The first-order valence-electron chi connectivity index (χ1n) is 20.4.